The Hall–Kier alpha value is -1.61. The molecule has 1 heterocycles. The highest BCUT2D eigenvalue weighted by atomic mass is 127. The second-order valence-electron chi connectivity index (χ2n) is 4.76. The number of halogens is 3. The Bertz CT molecular complexity index is 978. The Morgan fingerprint density at radius 3 is 2.74 bits per heavy atom. The first-order chi connectivity index (χ1) is 11.0. The van der Waals surface area contributed by atoms with E-state index in [0.29, 0.717) is 21.6 Å². The van der Waals surface area contributed by atoms with Crippen molar-refractivity contribution >= 4 is 50.1 Å². The standard InChI is InChI=1S/C16H11F2IN2OS/c1-2-21-14-11(18)7-9(17)8-13(14)23-16(21)20-15(22)10-5-3-4-6-12(10)19/h3-8H,2H2,1H3. The summed E-state index contributed by atoms with van der Waals surface area (Å²) in [5, 5.41) is 0. The number of hydrogen-bond acceptors (Lipinski definition) is 2. The van der Waals surface area contributed by atoms with Gasteiger partial charge in [-0.25, -0.2) is 8.78 Å². The molecule has 2 aromatic carbocycles. The highest BCUT2D eigenvalue weighted by Crippen LogP contribution is 2.22. The van der Waals surface area contributed by atoms with Gasteiger partial charge in [0.05, 0.1) is 15.8 Å². The topological polar surface area (TPSA) is 34.4 Å². The van der Waals surface area contributed by atoms with Crippen LogP contribution >= 0.6 is 33.9 Å². The lowest BCUT2D eigenvalue weighted by Crippen LogP contribution is -2.16. The number of aromatic nitrogens is 1. The first kappa shape index (κ1) is 16.3. The highest BCUT2D eigenvalue weighted by Gasteiger charge is 2.14. The molecule has 0 aliphatic carbocycles. The summed E-state index contributed by atoms with van der Waals surface area (Å²) in [6, 6.07) is 9.20. The first-order valence-electron chi connectivity index (χ1n) is 6.83. The largest absolute Gasteiger partial charge is 0.314 e. The van der Waals surface area contributed by atoms with E-state index in [1.54, 1.807) is 16.7 Å². The third-order valence-electron chi connectivity index (χ3n) is 3.31. The minimum atomic E-state index is -0.652. The van der Waals surface area contributed by atoms with Gasteiger partial charge in [-0.1, -0.05) is 23.5 Å². The van der Waals surface area contributed by atoms with E-state index in [1.807, 2.05) is 19.1 Å². The molecule has 3 aromatic rings. The predicted octanol–water partition coefficient (Wildman–Crippen LogP) is 4.35. The number of nitrogens with zero attached hydrogens (tertiary/aromatic N) is 2. The maximum atomic E-state index is 14.1. The minimum Gasteiger partial charge on any atom is -0.314 e. The number of aryl methyl sites for hydroxylation is 1. The van der Waals surface area contributed by atoms with Gasteiger partial charge in [0.2, 0.25) is 0 Å². The molecule has 0 bridgehead atoms. The van der Waals surface area contributed by atoms with Crippen LogP contribution in [0.4, 0.5) is 8.78 Å². The smallest absolute Gasteiger partial charge is 0.280 e. The predicted molar refractivity (Wildman–Crippen MR) is 94.5 cm³/mol. The lowest BCUT2D eigenvalue weighted by atomic mass is 10.2. The third kappa shape index (κ3) is 3.07. The van der Waals surface area contributed by atoms with Crippen molar-refractivity contribution in [1.82, 2.24) is 4.57 Å². The summed E-state index contributed by atoms with van der Waals surface area (Å²) in [5.41, 5.74) is 0.757. The summed E-state index contributed by atoms with van der Waals surface area (Å²) in [4.78, 5) is 16.9. The van der Waals surface area contributed by atoms with Crippen LogP contribution in [0.2, 0.25) is 0 Å². The second kappa shape index (κ2) is 6.48. The molecule has 118 valence electrons. The number of amides is 1. The van der Waals surface area contributed by atoms with Gasteiger partial charge < -0.3 is 4.57 Å². The van der Waals surface area contributed by atoms with E-state index < -0.39 is 17.5 Å². The van der Waals surface area contributed by atoms with E-state index in [1.165, 1.54) is 6.07 Å². The SMILES string of the molecule is CCn1c(=NC(=O)c2ccccc2I)sc2cc(F)cc(F)c21. The van der Waals surface area contributed by atoms with Crippen molar-refractivity contribution in [2.45, 2.75) is 13.5 Å². The molecular weight excluding hydrogens is 433 g/mol. The van der Waals surface area contributed by atoms with Crippen LogP contribution in [0.15, 0.2) is 41.4 Å². The average molecular weight is 444 g/mol. The number of carbonyl (C=O) groups excluding carboxylic acids is 1. The van der Waals surface area contributed by atoms with Crippen LogP contribution in [0.5, 0.6) is 0 Å². The zero-order valence-corrected chi connectivity index (χ0v) is 15.0. The van der Waals surface area contributed by atoms with Gasteiger partial charge in [-0.3, -0.25) is 4.79 Å². The van der Waals surface area contributed by atoms with Crippen molar-refractivity contribution in [3.63, 3.8) is 0 Å². The van der Waals surface area contributed by atoms with Crippen molar-refractivity contribution in [1.29, 1.82) is 0 Å². The maximum absolute atomic E-state index is 14.1. The van der Waals surface area contributed by atoms with Crippen molar-refractivity contribution in [2.24, 2.45) is 4.99 Å². The molecule has 0 saturated carbocycles. The monoisotopic (exact) mass is 444 g/mol. The van der Waals surface area contributed by atoms with Crippen molar-refractivity contribution in [3.8, 4) is 0 Å². The fourth-order valence-corrected chi connectivity index (χ4v) is 4.04. The van der Waals surface area contributed by atoms with Crippen LogP contribution in [0.25, 0.3) is 10.2 Å². The Morgan fingerprint density at radius 2 is 2.04 bits per heavy atom. The molecule has 0 unspecified atom stereocenters. The fourth-order valence-electron chi connectivity index (χ4n) is 2.29. The molecule has 0 N–H and O–H groups in total. The number of benzene rings is 2. The van der Waals surface area contributed by atoms with Crippen LogP contribution < -0.4 is 4.80 Å². The van der Waals surface area contributed by atoms with Crippen LogP contribution in [0.3, 0.4) is 0 Å². The van der Waals surface area contributed by atoms with Crippen LogP contribution in [0.1, 0.15) is 17.3 Å². The van der Waals surface area contributed by atoms with Crippen LogP contribution in [-0.4, -0.2) is 10.5 Å². The normalized spacial score (nSPS) is 12.1. The highest BCUT2D eigenvalue weighted by molar-refractivity contribution is 14.1. The Labute approximate surface area is 148 Å². The molecular formula is C16H11F2IN2OS. The summed E-state index contributed by atoms with van der Waals surface area (Å²) >= 11 is 3.17. The molecule has 1 aromatic heterocycles. The Balaban J connectivity index is 2.22. The molecule has 7 heteroatoms. The average Bonchev–Trinajstić information content (AvgIpc) is 2.84. The second-order valence-corrected chi connectivity index (χ2v) is 6.93. The first-order valence-corrected chi connectivity index (χ1v) is 8.72. The molecule has 0 atom stereocenters. The quantitative estimate of drug-likeness (QED) is 0.542. The van der Waals surface area contributed by atoms with Gasteiger partial charge in [0.1, 0.15) is 5.82 Å². The van der Waals surface area contributed by atoms with Gasteiger partial charge in [-0.15, -0.1) is 0 Å². The number of hydrogen-bond donors (Lipinski definition) is 0. The summed E-state index contributed by atoms with van der Waals surface area (Å²) in [6.45, 7) is 2.26. The van der Waals surface area contributed by atoms with E-state index in [-0.39, 0.29) is 5.52 Å². The Morgan fingerprint density at radius 1 is 1.30 bits per heavy atom. The van der Waals surface area contributed by atoms with Gasteiger partial charge in [0.25, 0.3) is 5.91 Å². The third-order valence-corrected chi connectivity index (χ3v) is 5.28. The van der Waals surface area contributed by atoms with Gasteiger partial charge in [-0.2, -0.15) is 4.99 Å². The number of rotatable bonds is 2. The number of thiazole rings is 1. The number of carbonyl (C=O) groups is 1. The molecule has 0 spiro atoms. The summed E-state index contributed by atoms with van der Waals surface area (Å²) in [6.07, 6.45) is 0. The van der Waals surface area contributed by atoms with E-state index in [0.717, 1.165) is 21.0 Å². The van der Waals surface area contributed by atoms with Gasteiger partial charge in [0, 0.05) is 16.2 Å². The molecule has 23 heavy (non-hydrogen) atoms. The van der Waals surface area contributed by atoms with E-state index in [9.17, 15) is 13.6 Å². The molecule has 0 aliphatic rings. The molecule has 0 aliphatic heterocycles. The fraction of sp³-hybridized carbons (Fsp3) is 0.125. The van der Waals surface area contributed by atoms with Gasteiger partial charge in [0.15, 0.2) is 10.6 Å². The maximum Gasteiger partial charge on any atom is 0.280 e. The lowest BCUT2D eigenvalue weighted by Gasteiger charge is -2.02. The minimum absolute atomic E-state index is 0.271. The zero-order valence-electron chi connectivity index (χ0n) is 12.0. The van der Waals surface area contributed by atoms with Crippen molar-refractivity contribution in [2.75, 3.05) is 0 Å². The molecule has 3 nitrogen and oxygen atoms in total. The number of fused-ring (bicyclic) bond motifs is 1. The van der Waals surface area contributed by atoms with Crippen LogP contribution in [-0.2, 0) is 6.54 Å². The molecule has 0 saturated heterocycles. The van der Waals surface area contributed by atoms with E-state index in [2.05, 4.69) is 27.6 Å². The lowest BCUT2D eigenvalue weighted by molar-refractivity contribution is 0.0997. The summed E-state index contributed by atoms with van der Waals surface area (Å²) in [5.74, 6) is -1.69. The van der Waals surface area contributed by atoms with E-state index in [4.69, 9.17) is 0 Å². The van der Waals surface area contributed by atoms with Gasteiger partial charge >= 0.3 is 0 Å². The van der Waals surface area contributed by atoms with Gasteiger partial charge in [-0.05, 0) is 47.7 Å². The Kier molecular flexibility index (Phi) is 4.58. The summed E-state index contributed by atoms with van der Waals surface area (Å²) in [7, 11) is 0. The van der Waals surface area contributed by atoms with Crippen LogP contribution in [0, 0.1) is 15.2 Å². The zero-order chi connectivity index (χ0) is 16.6. The van der Waals surface area contributed by atoms with E-state index >= 15 is 0 Å². The summed E-state index contributed by atoms with van der Waals surface area (Å²) < 4.78 is 30.2. The molecule has 0 fully saturated rings. The van der Waals surface area contributed by atoms with Crippen molar-refractivity contribution in [3.05, 3.63) is 62.0 Å². The van der Waals surface area contributed by atoms with Crippen molar-refractivity contribution < 1.29 is 13.6 Å². The molecule has 3 rings (SSSR count). The molecule has 0 radical (unpaired) electrons. The molecule has 1 amide bonds.